The number of thiazole rings is 1. The van der Waals surface area contributed by atoms with Gasteiger partial charge in [-0.3, -0.25) is 9.36 Å². The van der Waals surface area contributed by atoms with Crippen molar-refractivity contribution in [3.05, 3.63) is 124 Å². The van der Waals surface area contributed by atoms with Crippen molar-refractivity contribution in [1.82, 2.24) is 4.57 Å². The van der Waals surface area contributed by atoms with Crippen molar-refractivity contribution in [3.63, 3.8) is 0 Å². The fraction of sp³-hybridized carbons (Fsp3) is 0.129. The zero-order chi connectivity index (χ0) is 29.5. The number of rotatable bonds is 6. The molecule has 5 aromatic rings. The van der Waals surface area contributed by atoms with E-state index in [2.05, 4.69) is 20.9 Å². The van der Waals surface area contributed by atoms with Gasteiger partial charge in [0, 0.05) is 21.7 Å². The number of nitrogens with zero attached hydrogens (tertiary/aromatic N) is 2. The van der Waals surface area contributed by atoms with E-state index in [1.807, 2.05) is 30.3 Å². The topological polar surface area (TPSA) is 86.9 Å². The van der Waals surface area contributed by atoms with Gasteiger partial charge in [-0.1, -0.05) is 62.6 Å². The van der Waals surface area contributed by atoms with Gasteiger partial charge in [-0.2, -0.15) is 0 Å². The quantitative estimate of drug-likeness (QED) is 0.174. The molecular weight excluding hydrogens is 663 g/mol. The van der Waals surface area contributed by atoms with E-state index in [0.29, 0.717) is 53.7 Å². The number of carbonyl (C=O) groups is 1. The summed E-state index contributed by atoms with van der Waals surface area (Å²) < 4.78 is 20.5. The molecule has 1 atom stereocenters. The molecule has 4 heterocycles. The maximum Gasteiger partial charge on any atom is 0.338 e. The molecule has 1 aliphatic heterocycles. The Bertz CT molecular complexity index is 2050. The number of fused-ring (bicyclic) bond motifs is 1. The van der Waals surface area contributed by atoms with Crippen molar-refractivity contribution in [1.29, 1.82) is 0 Å². The predicted molar refractivity (Wildman–Crippen MR) is 166 cm³/mol. The molecule has 2 aromatic carbocycles. The Balaban J connectivity index is 1.46. The molecule has 6 rings (SSSR count). The van der Waals surface area contributed by atoms with Gasteiger partial charge in [-0.25, -0.2) is 9.79 Å². The van der Waals surface area contributed by atoms with Gasteiger partial charge in [-0.15, -0.1) is 0 Å². The first-order valence-electron chi connectivity index (χ1n) is 12.8. The lowest BCUT2D eigenvalue weighted by Crippen LogP contribution is -2.39. The Labute approximate surface area is 262 Å². The van der Waals surface area contributed by atoms with Gasteiger partial charge < -0.3 is 13.6 Å². The van der Waals surface area contributed by atoms with Crippen molar-refractivity contribution < 1.29 is 18.4 Å². The highest BCUT2D eigenvalue weighted by Gasteiger charge is 2.35. The summed E-state index contributed by atoms with van der Waals surface area (Å²) in [7, 11) is 0. The molecule has 0 saturated heterocycles. The van der Waals surface area contributed by atoms with Crippen LogP contribution in [-0.4, -0.2) is 17.1 Å². The molecule has 42 heavy (non-hydrogen) atoms. The molecule has 0 amide bonds. The maximum atomic E-state index is 13.9. The number of esters is 1. The van der Waals surface area contributed by atoms with Crippen LogP contribution in [0.1, 0.15) is 31.4 Å². The average Bonchev–Trinajstić information content (AvgIpc) is 3.70. The Morgan fingerprint density at radius 2 is 1.74 bits per heavy atom. The van der Waals surface area contributed by atoms with Gasteiger partial charge in [0.05, 0.1) is 32.5 Å². The van der Waals surface area contributed by atoms with E-state index < -0.39 is 12.0 Å². The molecule has 11 heteroatoms. The van der Waals surface area contributed by atoms with Gasteiger partial charge in [0.2, 0.25) is 0 Å². The van der Waals surface area contributed by atoms with Gasteiger partial charge in [0.25, 0.3) is 5.56 Å². The van der Waals surface area contributed by atoms with Crippen molar-refractivity contribution in [2.75, 3.05) is 6.61 Å². The normalized spacial score (nSPS) is 15.1. The maximum absolute atomic E-state index is 13.9. The Hall–Kier alpha value is -3.63. The summed E-state index contributed by atoms with van der Waals surface area (Å²) in [6, 6.07) is 19.1. The number of hydrogen-bond donors (Lipinski definition) is 0. The molecule has 0 saturated carbocycles. The lowest BCUT2D eigenvalue weighted by molar-refractivity contribution is -0.139. The fourth-order valence-corrected chi connectivity index (χ4v) is 6.28. The molecule has 1 aliphatic rings. The highest BCUT2D eigenvalue weighted by atomic mass is 79.9. The second-order valence-electron chi connectivity index (χ2n) is 9.34. The van der Waals surface area contributed by atoms with Crippen LogP contribution in [0, 0.1) is 0 Å². The summed E-state index contributed by atoms with van der Waals surface area (Å²) in [6.07, 6.45) is 1.68. The van der Waals surface area contributed by atoms with Crippen LogP contribution >= 0.6 is 50.5 Å². The number of halogens is 3. The number of allylic oxidation sites excluding steroid dienone is 1. The molecule has 212 valence electrons. The number of aromatic nitrogens is 1. The van der Waals surface area contributed by atoms with Crippen LogP contribution in [0.15, 0.2) is 101 Å². The minimum Gasteiger partial charge on any atom is -0.463 e. The molecule has 0 unspecified atom stereocenters. The lowest BCUT2D eigenvalue weighted by Gasteiger charge is -2.22. The van der Waals surface area contributed by atoms with E-state index in [1.165, 1.54) is 15.9 Å². The molecule has 0 N–H and O–H groups in total. The van der Waals surface area contributed by atoms with Crippen molar-refractivity contribution in [2.24, 2.45) is 4.99 Å². The molecule has 0 fully saturated rings. The third-order valence-electron chi connectivity index (χ3n) is 6.65. The first-order chi connectivity index (χ1) is 20.2. The first kappa shape index (κ1) is 28.5. The van der Waals surface area contributed by atoms with Gasteiger partial charge in [0.15, 0.2) is 4.80 Å². The summed E-state index contributed by atoms with van der Waals surface area (Å²) in [5, 5.41) is 0.798. The van der Waals surface area contributed by atoms with E-state index in [1.54, 1.807) is 56.3 Å². The number of ether oxygens (including phenoxy) is 1. The molecule has 0 bridgehead atoms. The predicted octanol–water partition coefficient (Wildman–Crippen LogP) is 7.39. The van der Waals surface area contributed by atoms with Crippen LogP contribution in [0.3, 0.4) is 0 Å². The summed E-state index contributed by atoms with van der Waals surface area (Å²) in [5.74, 6) is 1.48. The summed E-state index contributed by atoms with van der Waals surface area (Å²) >= 11 is 17.0. The molecule has 0 aliphatic carbocycles. The third kappa shape index (κ3) is 5.33. The standard InChI is InChI=1S/C31H21BrCl2N2O5S/c1-3-39-30(38)27-16(2)35-31-36(28(27)25-13-12-24(41-25)18-6-10-21(33)22(34)14-18)29(37)26(42-31)15-20-9-11-23(40-20)17-4-7-19(32)8-5-17/h4-15,28H,3H2,1-2H3/b26-15-/t28-/m1/s1. The third-order valence-corrected chi connectivity index (χ3v) is 8.90. The SMILES string of the molecule is CCOC(=O)C1=C(C)N=c2s/c(=C\c3ccc(-c4ccc(Br)cc4)o3)c(=O)n2[C@@H]1c1ccc(-c2ccc(Cl)c(Cl)c2)o1. The van der Waals surface area contributed by atoms with E-state index >= 15 is 0 Å². The first-order valence-corrected chi connectivity index (χ1v) is 15.2. The Morgan fingerprint density at radius 1 is 1.02 bits per heavy atom. The van der Waals surface area contributed by atoms with E-state index in [4.69, 9.17) is 36.8 Å². The average molecular weight is 684 g/mol. The van der Waals surface area contributed by atoms with Gasteiger partial charge >= 0.3 is 5.97 Å². The van der Waals surface area contributed by atoms with Crippen molar-refractivity contribution >= 4 is 62.5 Å². The van der Waals surface area contributed by atoms with Crippen LogP contribution < -0.4 is 14.9 Å². The van der Waals surface area contributed by atoms with Crippen LogP contribution in [0.2, 0.25) is 10.0 Å². The fourth-order valence-electron chi connectivity index (χ4n) is 4.69. The van der Waals surface area contributed by atoms with E-state index in [0.717, 1.165) is 10.0 Å². The van der Waals surface area contributed by atoms with E-state index in [-0.39, 0.29) is 17.7 Å². The smallest absolute Gasteiger partial charge is 0.338 e. The Kier molecular flexibility index (Phi) is 7.85. The van der Waals surface area contributed by atoms with Gasteiger partial charge in [-0.05, 0) is 68.4 Å². The van der Waals surface area contributed by atoms with Crippen LogP contribution in [-0.2, 0) is 9.53 Å². The number of benzene rings is 2. The second-order valence-corrected chi connectivity index (χ2v) is 12.1. The molecule has 7 nitrogen and oxygen atoms in total. The molecular formula is C31H21BrCl2N2O5S. The highest BCUT2D eigenvalue weighted by Crippen LogP contribution is 2.35. The second kappa shape index (κ2) is 11.6. The molecule has 0 radical (unpaired) electrons. The Morgan fingerprint density at radius 3 is 2.48 bits per heavy atom. The zero-order valence-electron chi connectivity index (χ0n) is 22.2. The van der Waals surface area contributed by atoms with Crippen LogP contribution in [0.25, 0.3) is 28.7 Å². The lowest BCUT2D eigenvalue weighted by atomic mass is 10.0. The molecule has 3 aromatic heterocycles. The number of carbonyl (C=O) groups excluding carboxylic acids is 1. The number of hydrogen-bond acceptors (Lipinski definition) is 7. The summed E-state index contributed by atoms with van der Waals surface area (Å²) in [5.41, 5.74) is 1.92. The largest absolute Gasteiger partial charge is 0.463 e. The van der Waals surface area contributed by atoms with Crippen molar-refractivity contribution in [2.45, 2.75) is 19.9 Å². The summed E-state index contributed by atoms with van der Waals surface area (Å²) in [6.45, 7) is 3.61. The minimum absolute atomic E-state index is 0.165. The monoisotopic (exact) mass is 682 g/mol. The van der Waals surface area contributed by atoms with Crippen molar-refractivity contribution in [3.8, 4) is 22.6 Å². The highest BCUT2D eigenvalue weighted by molar-refractivity contribution is 9.10. The van der Waals surface area contributed by atoms with Gasteiger partial charge in [0.1, 0.15) is 29.1 Å². The zero-order valence-corrected chi connectivity index (χ0v) is 26.1. The van der Waals surface area contributed by atoms with Crippen LogP contribution in [0.4, 0.5) is 0 Å². The van der Waals surface area contributed by atoms with E-state index in [9.17, 15) is 9.59 Å². The van der Waals surface area contributed by atoms with Crippen LogP contribution in [0.5, 0.6) is 0 Å². The number of furan rings is 2. The molecule has 0 spiro atoms. The minimum atomic E-state index is -0.895. The summed E-state index contributed by atoms with van der Waals surface area (Å²) in [4.78, 5) is 32.1.